The van der Waals surface area contributed by atoms with E-state index in [1.807, 2.05) is 47.4 Å². The molecule has 0 saturated carbocycles. The molecular weight excluding hydrogens is 422 g/mol. The van der Waals surface area contributed by atoms with Crippen LogP contribution in [0.25, 0.3) is 10.2 Å². The topological polar surface area (TPSA) is 36.4 Å². The largest absolute Gasteiger partial charge is 0.368 e. The summed E-state index contributed by atoms with van der Waals surface area (Å²) < 4.78 is 2.24. The average molecular weight is 446 g/mol. The van der Waals surface area contributed by atoms with Gasteiger partial charge in [-0.1, -0.05) is 60.3 Å². The van der Waals surface area contributed by atoms with Crippen LogP contribution in [-0.4, -0.2) is 42.0 Å². The van der Waals surface area contributed by atoms with Crippen molar-refractivity contribution in [1.82, 2.24) is 9.88 Å². The Kier molecular flexibility index (Phi) is 5.91. The number of para-hydroxylation sites is 2. The highest BCUT2D eigenvalue weighted by Gasteiger charge is 2.24. The molecule has 1 fully saturated rings. The molecule has 0 bridgehead atoms. The van der Waals surface area contributed by atoms with E-state index in [0.29, 0.717) is 0 Å². The number of anilines is 1. The van der Waals surface area contributed by atoms with Crippen molar-refractivity contribution in [2.24, 2.45) is 0 Å². The van der Waals surface area contributed by atoms with Crippen molar-refractivity contribution in [3.8, 4) is 0 Å². The number of hydrogen-bond acceptors (Lipinski definition) is 5. The lowest BCUT2D eigenvalue weighted by atomic mass is 10.1. The smallest absolute Gasteiger partial charge is 0.254 e. The lowest BCUT2D eigenvalue weighted by Crippen LogP contribution is -2.49. The second-order valence-electron chi connectivity index (χ2n) is 7.51. The van der Waals surface area contributed by atoms with Crippen LogP contribution in [0.1, 0.15) is 15.9 Å². The molecule has 0 spiro atoms. The molecule has 1 aliphatic heterocycles. The third kappa shape index (κ3) is 4.45. The maximum absolute atomic E-state index is 13.3. The summed E-state index contributed by atoms with van der Waals surface area (Å²) in [6, 6.07) is 26.6. The summed E-state index contributed by atoms with van der Waals surface area (Å²) in [5.74, 6) is 0.874. The van der Waals surface area contributed by atoms with Crippen LogP contribution in [0.2, 0.25) is 0 Å². The van der Waals surface area contributed by atoms with E-state index < -0.39 is 0 Å². The molecule has 1 amide bonds. The van der Waals surface area contributed by atoms with Gasteiger partial charge in [0.2, 0.25) is 0 Å². The summed E-state index contributed by atoms with van der Waals surface area (Å²) in [6.07, 6.45) is 0. The Bertz CT molecular complexity index is 1150. The fourth-order valence-corrected chi connectivity index (χ4v) is 5.96. The van der Waals surface area contributed by atoms with E-state index in [9.17, 15) is 4.79 Å². The number of nitrogens with zero attached hydrogens (tertiary/aromatic N) is 3. The SMILES string of the molecule is O=C(c1ccccc1CSc1nc2ccccc2s1)N1CCN(c2ccccc2)CC1. The molecule has 156 valence electrons. The Morgan fingerprint density at radius 2 is 1.58 bits per heavy atom. The first-order valence-corrected chi connectivity index (χ1v) is 12.2. The van der Waals surface area contributed by atoms with Gasteiger partial charge in [0.25, 0.3) is 5.91 Å². The number of fused-ring (bicyclic) bond motifs is 1. The number of carbonyl (C=O) groups is 1. The Morgan fingerprint density at radius 3 is 2.39 bits per heavy atom. The van der Waals surface area contributed by atoms with Crippen LogP contribution >= 0.6 is 23.1 Å². The average Bonchev–Trinajstić information content (AvgIpc) is 3.26. The summed E-state index contributed by atoms with van der Waals surface area (Å²) in [7, 11) is 0. The van der Waals surface area contributed by atoms with Crippen LogP contribution < -0.4 is 4.90 Å². The summed E-state index contributed by atoms with van der Waals surface area (Å²) in [4.78, 5) is 22.3. The van der Waals surface area contributed by atoms with Crippen LogP contribution in [0.4, 0.5) is 5.69 Å². The molecule has 0 aliphatic carbocycles. The van der Waals surface area contributed by atoms with Crippen molar-refractivity contribution in [2.75, 3.05) is 31.1 Å². The fourth-order valence-electron chi connectivity index (χ4n) is 3.88. The standard InChI is InChI=1S/C25H23N3OS2/c29-24(28-16-14-27(15-17-28)20-9-2-1-3-10-20)21-11-5-4-8-19(21)18-30-25-26-22-12-6-7-13-23(22)31-25/h1-13H,14-18H2. The van der Waals surface area contributed by atoms with Crippen molar-refractivity contribution in [2.45, 2.75) is 10.1 Å². The van der Waals surface area contributed by atoms with Gasteiger partial charge in [-0.05, 0) is 35.9 Å². The molecule has 0 N–H and O–H groups in total. The zero-order chi connectivity index (χ0) is 21.0. The normalized spacial score (nSPS) is 14.2. The molecule has 4 nitrogen and oxygen atoms in total. The molecule has 31 heavy (non-hydrogen) atoms. The summed E-state index contributed by atoms with van der Waals surface area (Å²) >= 11 is 3.41. The van der Waals surface area contributed by atoms with Crippen LogP contribution in [-0.2, 0) is 5.75 Å². The number of piperazine rings is 1. The summed E-state index contributed by atoms with van der Waals surface area (Å²) in [5, 5.41) is 0. The Morgan fingerprint density at radius 1 is 0.871 bits per heavy atom. The van der Waals surface area contributed by atoms with Gasteiger partial charge >= 0.3 is 0 Å². The molecule has 2 heterocycles. The van der Waals surface area contributed by atoms with Crippen molar-refractivity contribution in [1.29, 1.82) is 0 Å². The molecule has 4 aromatic rings. The van der Waals surface area contributed by atoms with Gasteiger partial charge in [-0.25, -0.2) is 4.98 Å². The number of thiazole rings is 1. The molecule has 1 saturated heterocycles. The maximum Gasteiger partial charge on any atom is 0.254 e. The highest BCUT2D eigenvalue weighted by atomic mass is 32.2. The van der Waals surface area contributed by atoms with Crippen molar-refractivity contribution < 1.29 is 4.79 Å². The minimum absolute atomic E-state index is 0.133. The van der Waals surface area contributed by atoms with Gasteiger partial charge in [0.15, 0.2) is 4.34 Å². The number of hydrogen-bond donors (Lipinski definition) is 0. The number of carbonyl (C=O) groups excluding carboxylic acids is 1. The highest BCUT2D eigenvalue weighted by molar-refractivity contribution is 8.00. The minimum Gasteiger partial charge on any atom is -0.368 e. The lowest BCUT2D eigenvalue weighted by Gasteiger charge is -2.36. The Balaban J connectivity index is 1.26. The predicted molar refractivity (Wildman–Crippen MR) is 130 cm³/mol. The number of rotatable bonds is 5. The number of benzene rings is 3. The van der Waals surface area contributed by atoms with Crippen molar-refractivity contribution in [3.63, 3.8) is 0 Å². The lowest BCUT2D eigenvalue weighted by molar-refractivity contribution is 0.0746. The van der Waals surface area contributed by atoms with E-state index in [1.165, 1.54) is 10.4 Å². The molecule has 0 unspecified atom stereocenters. The second kappa shape index (κ2) is 9.12. The van der Waals surface area contributed by atoms with E-state index >= 15 is 0 Å². The number of aromatic nitrogens is 1. The van der Waals surface area contributed by atoms with Gasteiger partial charge in [0.1, 0.15) is 0 Å². The summed E-state index contributed by atoms with van der Waals surface area (Å²) in [5.41, 5.74) is 4.14. The summed E-state index contributed by atoms with van der Waals surface area (Å²) in [6.45, 7) is 3.21. The maximum atomic E-state index is 13.3. The van der Waals surface area contributed by atoms with E-state index in [4.69, 9.17) is 4.98 Å². The van der Waals surface area contributed by atoms with Crippen molar-refractivity contribution >= 4 is 44.9 Å². The number of thioether (sulfide) groups is 1. The van der Waals surface area contributed by atoms with Crippen LogP contribution in [0, 0.1) is 0 Å². The van der Waals surface area contributed by atoms with E-state index in [1.54, 1.807) is 23.1 Å². The molecule has 0 atom stereocenters. The first-order valence-electron chi connectivity index (χ1n) is 10.4. The third-order valence-corrected chi connectivity index (χ3v) is 7.79. The zero-order valence-corrected chi connectivity index (χ0v) is 18.7. The Hall–Kier alpha value is -2.83. The zero-order valence-electron chi connectivity index (χ0n) is 17.1. The van der Waals surface area contributed by atoms with Crippen LogP contribution in [0.5, 0.6) is 0 Å². The molecular formula is C25H23N3OS2. The monoisotopic (exact) mass is 445 g/mol. The van der Waals surface area contributed by atoms with E-state index in [0.717, 1.165) is 52.9 Å². The molecule has 1 aromatic heterocycles. The predicted octanol–water partition coefficient (Wildman–Crippen LogP) is 5.55. The van der Waals surface area contributed by atoms with Gasteiger partial charge in [0, 0.05) is 43.2 Å². The number of amides is 1. The van der Waals surface area contributed by atoms with E-state index in [-0.39, 0.29) is 5.91 Å². The van der Waals surface area contributed by atoms with Crippen LogP contribution in [0.15, 0.2) is 83.2 Å². The quantitative estimate of drug-likeness (QED) is 0.377. The van der Waals surface area contributed by atoms with Crippen LogP contribution in [0.3, 0.4) is 0 Å². The van der Waals surface area contributed by atoms with Gasteiger partial charge in [-0.3, -0.25) is 4.79 Å². The van der Waals surface area contributed by atoms with E-state index in [2.05, 4.69) is 41.3 Å². The first-order chi connectivity index (χ1) is 15.3. The third-order valence-electron chi connectivity index (χ3n) is 5.56. The first kappa shape index (κ1) is 20.1. The molecule has 6 heteroatoms. The Labute approximate surface area is 190 Å². The highest BCUT2D eigenvalue weighted by Crippen LogP contribution is 2.32. The van der Waals surface area contributed by atoms with Gasteiger partial charge in [-0.2, -0.15) is 0 Å². The van der Waals surface area contributed by atoms with Crippen molar-refractivity contribution in [3.05, 3.63) is 90.0 Å². The van der Waals surface area contributed by atoms with Gasteiger partial charge in [0.05, 0.1) is 10.2 Å². The molecule has 0 radical (unpaired) electrons. The minimum atomic E-state index is 0.133. The molecule has 5 rings (SSSR count). The van der Waals surface area contributed by atoms with Gasteiger partial charge in [-0.15, -0.1) is 11.3 Å². The van der Waals surface area contributed by atoms with Gasteiger partial charge < -0.3 is 9.80 Å². The molecule has 1 aliphatic rings. The fraction of sp³-hybridized carbons (Fsp3) is 0.200. The molecule has 3 aromatic carbocycles. The second-order valence-corrected chi connectivity index (χ2v) is 9.76.